The van der Waals surface area contributed by atoms with Crippen molar-refractivity contribution in [2.75, 3.05) is 36.4 Å². The van der Waals surface area contributed by atoms with E-state index in [1.165, 1.54) is 16.9 Å². The molecule has 0 aliphatic carbocycles. The summed E-state index contributed by atoms with van der Waals surface area (Å²) < 4.78 is 18.1. The third kappa shape index (κ3) is 5.96. The molecule has 1 fully saturated rings. The van der Waals surface area contributed by atoms with Gasteiger partial charge in [0.1, 0.15) is 11.2 Å². The first-order valence-electron chi connectivity index (χ1n) is 16.4. The van der Waals surface area contributed by atoms with Crippen LogP contribution in [-0.4, -0.2) is 71.5 Å². The molecule has 254 valence electrons. The van der Waals surface area contributed by atoms with Crippen LogP contribution in [0.25, 0.3) is 27.6 Å². The van der Waals surface area contributed by atoms with E-state index in [4.69, 9.17) is 0 Å². The lowest BCUT2D eigenvalue weighted by Gasteiger charge is -2.36. The first-order chi connectivity index (χ1) is 24.8. The molecule has 3 aromatic carbocycles. The van der Waals surface area contributed by atoms with E-state index in [1.54, 1.807) is 59.2 Å². The van der Waals surface area contributed by atoms with E-state index in [0.717, 1.165) is 11.4 Å². The van der Waals surface area contributed by atoms with Crippen molar-refractivity contribution in [3.05, 3.63) is 141 Å². The quantitative estimate of drug-likeness (QED) is 0.253. The summed E-state index contributed by atoms with van der Waals surface area (Å²) in [5.41, 5.74) is 3.06. The molecule has 51 heavy (non-hydrogen) atoms. The number of nitrogens with zero attached hydrogens (tertiary/aromatic N) is 8. The number of hydrogen-bond acceptors (Lipinski definition) is 9. The molecular weight excluding hydrogens is 651 g/mol. The highest BCUT2D eigenvalue weighted by Crippen LogP contribution is 2.24. The number of pyridine rings is 1. The van der Waals surface area contributed by atoms with Crippen LogP contribution in [0, 0.1) is 5.82 Å². The number of aryl methyl sites for hydroxylation is 1. The molecule has 0 saturated carbocycles. The molecule has 0 atom stereocenters. The highest BCUT2D eigenvalue weighted by molar-refractivity contribution is 5.95. The normalized spacial score (nSPS) is 13.2. The van der Waals surface area contributed by atoms with Gasteiger partial charge < -0.3 is 15.1 Å². The Kier molecular flexibility index (Phi) is 8.02. The Bertz CT molecular complexity index is 2540. The van der Waals surface area contributed by atoms with E-state index in [9.17, 15) is 18.8 Å². The number of aromatic amines is 1. The first-order valence-corrected chi connectivity index (χ1v) is 16.4. The number of benzene rings is 3. The van der Waals surface area contributed by atoms with Gasteiger partial charge in [-0.1, -0.05) is 30.3 Å². The molecule has 1 aliphatic rings. The molecule has 0 spiro atoms. The predicted molar refractivity (Wildman–Crippen MR) is 191 cm³/mol. The van der Waals surface area contributed by atoms with Gasteiger partial charge in [-0.15, -0.1) is 0 Å². The second-order valence-electron chi connectivity index (χ2n) is 12.2. The third-order valence-electron chi connectivity index (χ3n) is 9.13. The van der Waals surface area contributed by atoms with Gasteiger partial charge in [0, 0.05) is 68.8 Å². The van der Waals surface area contributed by atoms with Crippen LogP contribution in [0.5, 0.6) is 0 Å². The Morgan fingerprint density at radius 3 is 2.41 bits per heavy atom. The van der Waals surface area contributed by atoms with E-state index >= 15 is 0 Å². The Balaban J connectivity index is 0.918. The molecule has 4 aromatic heterocycles. The monoisotopic (exact) mass is 682 g/mol. The minimum absolute atomic E-state index is 0.0129. The van der Waals surface area contributed by atoms with Gasteiger partial charge in [-0.05, 0) is 60.2 Å². The number of nitrogens with one attached hydrogen (secondary N) is 2. The third-order valence-corrected chi connectivity index (χ3v) is 9.13. The Morgan fingerprint density at radius 2 is 1.65 bits per heavy atom. The molecule has 5 heterocycles. The number of amides is 1. The highest BCUT2D eigenvalue weighted by atomic mass is 19.1. The van der Waals surface area contributed by atoms with Gasteiger partial charge in [0.25, 0.3) is 17.0 Å². The van der Waals surface area contributed by atoms with Gasteiger partial charge in [-0.25, -0.2) is 19.5 Å². The van der Waals surface area contributed by atoms with Crippen molar-refractivity contribution in [3.63, 3.8) is 0 Å². The van der Waals surface area contributed by atoms with Crippen LogP contribution in [0.15, 0.2) is 107 Å². The fourth-order valence-corrected chi connectivity index (χ4v) is 6.48. The van der Waals surface area contributed by atoms with Crippen molar-refractivity contribution in [1.82, 2.24) is 39.4 Å². The van der Waals surface area contributed by atoms with E-state index < -0.39 is 5.82 Å². The number of aromatic nitrogens is 7. The number of H-pyrrole nitrogens is 1. The van der Waals surface area contributed by atoms with Crippen LogP contribution in [-0.2, 0) is 13.5 Å². The van der Waals surface area contributed by atoms with E-state index in [0.29, 0.717) is 77.4 Å². The minimum atomic E-state index is -0.579. The van der Waals surface area contributed by atoms with Gasteiger partial charge >= 0.3 is 0 Å². The number of halogens is 1. The maximum atomic E-state index is 15.0. The lowest BCUT2D eigenvalue weighted by atomic mass is 10.0. The SMILES string of the molecule is Cn1c2nc(Nc3ccc(N4CCN(C(=O)c5cc(Cc6n[nH]c(=O)c7ccccc67)ccc5F)CC4)cc3)ncc2c(=O)n1-c1ccccn1. The summed E-state index contributed by atoms with van der Waals surface area (Å²) in [7, 11) is 1.75. The Labute approximate surface area is 289 Å². The number of carbonyl (C=O) groups is 1. The van der Waals surface area contributed by atoms with Crippen molar-refractivity contribution >= 4 is 45.0 Å². The molecule has 14 heteroatoms. The minimum Gasteiger partial charge on any atom is -0.368 e. The van der Waals surface area contributed by atoms with Gasteiger partial charge in [-0.2, -0.15) is 14.8 Å². The van der Waals surface area contributed by atoms with Crippen molar-refractivity contribution in [2.24, 2.45) is 7.05 Å². The average molecular weight is 683 g/mol. The standard InChI is InChI=1S/C37H31FN10O3/c1-45-33-29(36(51)48(45)32-8-4-5-15-39-32)22-40-37(42-33)41-24-10-12-25(13-11-24)46-16-18-47(19-17-46)35(50)28-20-23(9-14-30(28)38)21-31-26-6-2-3-7-27(26)34(49)44-43-31/h2-15,20,22H,16-19,21H2,1H3,(H,44,49)(H,40,41,42). The fourth-order valence-electron chi connectivity index (χ4n) is 6.48. The topological polar surface area (TPSA) is 147 Å². The van der Waals surface area contributed by atoms with E-state index in [1.807, 2.05) is 42.5 Å². The summed E-state index contributed by atoms with van der Waals surface area (Å²) in [6.07, 6.45) is 3.47. The Morgan fingerprint density at radius 1 is 0.882 bits per heavy atom. The lowest BCUT2D eigenvalue weighted by molar-refractivity contribution is 0.0742. The molecule has 1 saturated heterocycles. The number of carbonyl (C=O) groups excluding carboxylic acids is 1. The molecular formula is C37H31FN10O3. The van der Waals surface area contributed by atoms with E-state index in [-0.39, 0.29) is 22.6 Å². The molecule has 7 aromatic rings. The summed E-state index contributed by atoms with van der Waals surface area (Å²) in [5.74, 6) is -0.108. The molecule has 13 nitrogen and oxygen atoms in total. The van der Waals surface area contributed by atoms with Gasteiger partial charge in [0.05, 0.1) is 16.6 Å². The van der Waals surface area contributed by atoms with Crippen LogP contribution < -0.4 is 21.3 Å². The molecule has 0 bridgehead atoms. The van der Waals surface area contributed by atoms with Crippen molar-refractivity contribution < 1.29 is 9.18 Å². The summed E-state index contributed by atoms with van der Waals surface area (Å²) in [6.45, 7) is 2.01. The Hall–Kier alpha value is -6.70. The number of piperazine rings is 1. The van der Waals surface area contributed by atoms with Gasteiger partial charge in [0.15, 0.2) is 11.5 Å². The predicted octanol–water partition coefficient (Wildman–Crippen LogP) is 4.19. The largest absolute Gasteiger partial charge is 0.368 e. The van der Waals surface area contributed by atoms with E-state index in [2.05, 4.69) is 35.4 Å². The molecule has 8 rings (SSSR count). The maximum absolute atomic E-state index is 15.0. The van der Waals surface area contributed by atoms with Crippen LogP contribution in [0.4, 0.5) is 21.7 Å². The molecule has 0 radical (unpaired) electrons. The van der Waals surface area contributed by atoms with Gasteiger partial charge in [0.2, 0.25) is 5.95 Å². The number of fused-ring (bicyclic) bond motifs is 2. The summed E-state index contributed by atoms with van der Waals surface area (Å²) in [5, 5.41) is 11.6. The maximum Gasteiger partial charge on any atom is 0.283 e. The molecule has 1 aliphatic heterocycles. The number of hydrogen-bond donors (Lipinski definition) is 2. The smallest absolute Gasteiger partial charge is 0.283 e. The van der Waals surface area contributed by atoms with Crippen LogP contribution in [0.1, 0.15) is 21.6 Å². The average Bonchev–Trinajstić information content (AvgIpc) is 3.42. The summed E-state index contributed by atoms with van der Waals surface area (Å²) >= 11 is 0. The van der Waals surface area contributed by atoms with Crippen molar-refractivity contribution in [1.29, 1.82) is 0 Å². The lowest BCUT2D eigenvalue weighted by Crippen LogP contribution is -2.49. The zero-order chi connectivity index (χ0) is 35.1. The molecule has 2 N–H and O–H groups in total. The zero-order valence-corrected chi connectivity index (χ0v) is 27.5. The molecule has 0 unspecified atom stereocenters. The van der Waals surface area contributed by atoms with Crippen molar-refractivity contribution in [3.8, 4) is 5.82 Å². The van der Waals surface area contributed by atoms with Crippen LogP contribution in [0.2, 0.25) is 0 Å². The summed E-state index contributed by atoms with van der Waals surface area (Å²) in [6, 6.07) is 24.8. The van der Waals surface area contributed by atoms with Crippen molar-refractivity contribution in [2.45, 2.75) is 6.42 Å². The highest BCUT2D eigenvalue weighted by Gasteiger charge is 2.25. The molecule has 1 amide bonds. The second kappa shape index (κ2) is 13.0. The zero-order valence-electron chi connectivity index (χ0n) is 27.5. The van der Waals surface area contributed by atoms with Crippen LogP contribution >= 0.6 is 0 Å². The summed E-state index contributed by atoms with van der Waals surface area (Å²) in [4.78, 5) is 55.8. The number of rotatable bonds is 7. The second-order valence-corrected chi connectivity index (χ2v) is 12.2. The first kappa shape index (κ1) is 31.6. The number of anilines is 3. The van der Waals surface area contributed by atoms with Gasteiger partial charge in [-0.3, -0.25) is 19.1 Å². The van der Waals surface area contributed by atoms with Crippen LogP contribution in [0.3, 0.4) is 0 Å². The fraction of sp³-hybridized carbons (Fsp3) is 0.162.